The van der Waals surface area contributed by atoms with Crippen LogP contribution in [0.4, 0.5) is 5.69 Å². The lowest BCUT2D eigenvalue weighted by atomic mass is 10.1. The molecule has 0 radical (unpaired) electrons. The van der Waals surface area contributed by atoms with Gasteiger partial charge in [-0.15, -0.1) is 0 Å². The molecule has 6 heteroatoms. The molecule has 0 saturated carbocycles. The first-order valence-electron chi connectivity index (χ1n) is 7.58. The van der Waals surface area contributed by atoms with Crippen LogP contribution in [-0.4, -0.2) is 41.3 Å². The van der Waals surface area contributed by atoms with Crippen LogP contribution in [-0.2, 0) is 4.79 Å². The van der Waals surface area contributed by atoms with Crippen molar-refractivity contribution in [2.75, 3.05) is 29.9 Å². The highest BCUT2D eigenvalue weighted by atomic mass is 35.5. The quantitative estimate of drug-likeness (QED) is 0.804. The summed E-state index contributed by atoms with van der Waals surface area (Å²) in [6.45, 7) is 3.62. The minimum Gasteiger partial charge on any atom is -0.339 e. The molecule has 2 amide bonds. The first kappa shape index (κ1) is 17.2. The van der Waals surface area contributed by atoms with Gasteiger partial charge >= 0.3 is 0 Å². The van der Waals surface area contributed by atoms with E-state index < -0.39 is 0 Å². The maximum absolute atomic E-state index is 12.6. The van der Waals surface area contributed by atoms with Crippen LogP contribution in [0, 0.1) is 0 Å². The number of anilines is 1. The number of halogens is 1. The van der Waals surface area contributed by atoms with Crippen molar-refractivity contribution in [2.24, 2.45) is 0 Å². The zero-order chi connectivity index (χ0) is 15.9. The van der Waals surface area contributed by atoms with Crippen molar-refractivity contribution >= 4 is 40.9 Å². The number of thioether (sulfide) groups is 1. The second-order valence-electron chi connectivity index (χ2n) is 5.29. The van der Waals surface area contributed by atoms with E-state index in [0.29, 0.717) is 22.0 Å². The molecule has 0 bridgehead atoms. The molecule has 1 saturated heterocycles. The van der Waals surface area contributed by atoms with Crippen LogP contribution in [0.25, 0.3) is 0 Å². The predicted octanol–water partition coefficient (Wildman–Crippen LogP) is 3.66. The van der Waals surface area contributed by atoms with E-state index in [2.05, 4.69) is 12.2 Å². The number of carbonyl (C=O) groups is 2. The Morgan fingerprint density at radius 1 is 1.32 bits per heavy atom. The Morgan fingerprint density at radius 3 is 2.73 bits per heavy atom. The molecule has 4 nitrogen and oxygen atoms in total. The molecule has 0 aliphatic carbocycles. The number of nitrogens with zero attached hydrogens (tertiary/aromatic N) is 1. The summed E-state index contributed by atoms with van der Waals surface area (Å²) in [6, 6.07) is 5.03. The van der Waals surface area contributed by atoms with Gasteiger partial charge in [-0.25, -0.2) is 0 Å². The number of benzene rings is 1. The summed E-state index contributed by atoms with van der Waals surface area (Å²) in [6.07, 6.45) is 3.10. The zero-order valence-corrected chi connectivity index (χ0v) is 14.3. The molecule has 0 aromatic heterocycles. The Labute approximate surface area is 140 Å². The fourth-order valence-electron chi connectivity index (χ4n) is 2.39. The molecule has 1 aromatic rings. The first-order valence-corrected chi connectivity index (χ1v) is 9.11. The second kappa shape index (κ2) is 8.44. The summed E-state index contributed by atoms with van der Waals surface area (Å²) in [7, 11) is 0. The molecule has 1 N–H and O–H groups in total. The zero-order valence-electron chi connectivity index (χ0n) is 12.7. The van der Waals surface area contributed by atoms with Crippen molar-refractivity contribution in [1.29, 1.82) is 0 Å². The lowest BCUT2D eigenvalue weighted by molar-refractivity contribution is -0.113. The van der Waals surface area contributed by atoms with Crippen molar-refractivity contribution in [1.82, 2.24) is 4.90 Å². The van der Waals surface area contributed by atoms with E-state index in [1.165, 1.54) is 0 Å². The number of hydrogen-bond donors (Lipinski definition) is 1. The van der Waals surface area contributed by atoms with Crippen LogP contribution < -0.4 is 5.32 Å². The fourth-order valence-corrected chi connectivity index (χ4v) is 3.25. The molecular formula is C16H21ClN2O2S. The Kier molecular flexibility index (Phi) is 6.58. The van der Waals surface area contributed by atoms with Gasteiger partial charge in [0.2, 0.25) is 5.91 Å². The van der Waals surface area contributed by atoms with Crippen molar-refractivity contribution in [3.05, 3.63) is 28.8 Å². The van der Waals surface area contributed by atoms with Crippen LogP contribution in [0.3, 0.4) is 0 Å². The molecule has 1 aromatic carbocycles. The topological polar surface area (TPSA) is 49.4 Å². The maximum atomic E-state index is 12.6. The van der Waals surface area contributed by atoms with E-state index in [-0.39, 0.29) is 11.8 Å². The highest BCUT2D eigenvalue weighted by Crippen LogP contribution is 2.24. The maximum Gasteiger partial charge on any atom is 0.256 e. The molecular weight excluding hydrogens is 320 g/mol. The third-order valence-electron chi connectivity index (χ3n) is 3.46. The minimum absolute atomic E-state index is 0.0588. The van der Waals surface area contributed by atoms with Gasteiger partial charge in [-0.1, -0.05) is 18.5 Å². The number of hydrogen-bond acceptors (Lipinski definition) is 3. The van der Waals surface area contributed by atoms with Gasteiger partial charge in [-0.2, -0.15) is 11.8 Å². The van der Waals surface area contributed by atoms with Gasteiger partial charge in [0, 0.05) is 18.1 Å². The summed E-state index contributed by atoms with van der Waals surface area (Å²) in [4.78, 5) is 26.4. The van der Waals surface area contributed by atoms with Crippen LogP contribution in [0.15, 0.2) is 18.2 Å². The molecule has 0 atom stereocenters. The van der Waals surface area contributed by atoms with Crippen molar-refractivity contribution in [2.45, 2.75) is 26.2 Å². The molecule has 0 spiro atoms. The van der Waals surface area contributed by atoms with E-state index in [1.807, 2.05) is 4.90 Å². The van der Waals surface area contributed by atoms with Crippen LogP contribution in [0.1, 0.15) is 36.5 Å². The van der Waals surface area contributed by atoms with E-state index in [1.54, 1.807) is 30.0 Å². The molecule has 1 fully saturated rings. The fraction of sp³-hybridized carbons (Fsp3) is 0.500. The highest BCUT2D eigenvalue weighted by molar-refractivity contribution is 7.99. The third kappa shape index (κ3) is 4.65. The Hall–Kier alpha value is -1.20. The van der Waals surface area contributed by atoms with Crippen molar-refractivity contribution in [3.8, 4) is 0 Å². The summed E-state index contributed by atoms with van der Waals surface area (Å²) < 4.78 is 0. The van der Waals surface area contributed by atoms with Gasteiger partial charge in [-0.05, 0) is 43.2 Å². The van der Waals surface area contributed by atoms with Gasteiger partial charge < -0.3 is 10.2 Å². The second-order valence-corrected chi connectivity index (χ2v) is 6.83. The van der Waals surface area contributed by atoms with E-state index in [0.717, 1.165) is 38.1 Å². The third-order valence-corrected chi connectivity index (χ3v) is 4.86. The number of nitrogens with one attached hydrogen (secondary N) is 1. The summed E-state index contributed by atoms with van der Waals surface area (Å²) >= 11 is 7.61. The smallest absolute Gasteiger partial charge is 0.256 e. The first-order chi connectivity index (χ1) is 10.6. The van der Waals surface area contributed by atoms with Gasteiger partial charge in [0.15, 0.2) is 0 Å². The Bertz CT molecular complexity index is 545. The van der Waals surface area contributed by atoms with Gasteiger partial charge in [0.25, 0.3) is 5.91 Å². The monoisotopic (exact) mass is 340 g/mol. The normalized spacial score (nSPS) is 14.2. The van der Waals surface area contributed by atoms with Crippen LogP contribution >= 0.6 is 23.4 Å². The van der Waals surface area contributed by atoms with Crippen molar-refractivity contribution < 1.29 is 9.59 Å². The standard InChI is InChI=1S/C16H21ClN2O2S/c1-2-9-22-11-15(20)18-14-6-5-12(17)10-13(14)16(21)19-7-3-4-8-19/h5-6,10H,2-4,7-9,11H2,1H3,(H,18,20). The van der Waals surface area contributed by atoms with Gasteiger partial charge in [-0.3, -0.25) is 9.59 Å². The van der Waals surface area contributed by atoms with Crippen LogP contribution in [0.2, 0.25) is 5.02 Å². The SMILES string of the molecule is CCCSCC(=O)Nc1ccc(Cl)cc1C(=O)N1CCCC1. The van der Waals surface area contributed by atoms with E-state index in [9.17, 15) is 9.59 Å². The number of amides is 2. The molecule has 1 heterocycles. The largest absolute Gasteiger partial charge is 0.339 e. The molecule has 2 rings (SSSR count). The number of likely N-dealkylation sites (tertiary alicyclic amines) is 1. The molecule has 0 unspecified atom stereocenters. The summed E-state index contributed by atoms with van der Waals surface area (Å²) in [5.41, 5.74) is 1.02. The summed E-state index contributed by atoms with van der Waals surface area (Å²) in [5, 5.41) is 3.34. The van der Waals surface area contributed by atoms with Gasteiger partial charge in [0.1, 0.15) is 0 Å². The number of carbonyl (C=O) groups excluding carboxylic acids is 2. The van der Waals surface area contributed by atoms with E-state index >= 15 is 0 Å². The lowest BCUT2D eigenvalue weighted by Crippen LogP contribution is -2.29. The predicted molar refractivity (Wildman–Crippen MR) is 92.8 cm³/mol. The van der Waals surface area contributed by atoms with Gasteiger partial charge in [0.05, 0.1) is 17.0 Å². The molecule has 120 valence electrons. The average Bonchev–Trinajstić information content (AvgIpc) is 3.03. The average molecular weight is 341 g/mol. The molecule has 1 aliphatic rings. The lowest BCUT2D eigenvalue weighted by Gasteiger charge is -2.18. The minimum atomic E-state index is -0.0868. The number of rotatable bonds is 6. The highest BCUT2D eigenvalue weighted by Gasteiger charge is 2.22. The molecule has 1 aliphatic heterocycles. The Balaban J connectivity index is 2.10. The van der Waals surface area contributed by atoms with Crippen molar-refractivity contribution in [3.63, 3.8) is 0 Å². The van der Waals surface area contributed by atoms with E-state index in [4.69, 9.17) is 11.6 Å². The summed E-state index contributed by atoms with van der Waals surface area (Å²) in [5.74, 6) is 1.20. The molecule has 22 heavy (non-hydrogen) atoms. The van der Waals surface area contributed by atoms with Crippen LogP contribution in [0.5, 0.6) is 0 Å². The Morgan fingerprint density at radius 2 is 2.05 bits per heavy atom.